The molecule has 2 fully saturated rings. The van der Waals surface area contributed by atoms with E-state index in [1.54, 1.807) is 0 Å². The van der Waals surface area contributed by atoms with Gasteiger partial charge in [-0.2, -0.15) is 5.26 Å². The third-order valence-electron chi connectivity index (χ3n) is 3.69. The van der Waals surface area contributed by atoms with Gasteiger partial charge in [-0.1, -0.05) is 19.3 Å². The smallest absolute Gasteiger partial charge is 0.240 e. The summed E-state index contributed by atoms with van der Waals surface area (Å²) < 4.78 is 0. The highest BCUT2D eigenvalue weighted by atomic mass is 16.3. The van der Waals surface area contributed by atoms with Crippen LogP contribution in [0.3, 0.4) is 0 Å². The van der Waals surface area contributed by atoms with Gasteiger partial charge in [-0.25, -0.2) is 0 Å². The fraction of sp³-hybridized carbons (Fsp3) is 0.833. The molecule has 2 aliphatic rings. The van der Waals surface area contributed by atoms with Gasteiger partial charge in [0.15, 0.2) is 0 Å². The molecular formula is C12H18N2O2. The first kappa shape index (κ1) is 11.4. The minimum absolute atomic E-state index is 0.152. The Kier molecular flexibility index (Phi) is 3.15. The van der Waals surface area contributed by atoms with Crippen molar-refractivity contribution < 1.29 is 9.90 Å². The van der Waals surface area contributed by atoms with Crippen molar-refractivity contribution in [1.82, 2.24) is 5.32 Å². The van der Waals surface area contributed by atoms with Crippen molar-refractivity contribution in [1.29, 1.82) is 5.26 Å². The van der Waals surface area contributed by atoms with Crippen molar-refractivity contribution in [3.05, 3.63) is 0 Å². The molecule has 2 unspecified atom stereocenters. The molecule has 0 radical (unpaired) electrons. The Morgan fingerprint density at radius 3 is 2.62 bits per heavy atom. The first-order valence-electron chi connectivity index (χ1n) is 6.08. The summed E-state index contributed by atoms with van der Waals surface area (Å²) in [4.78, 5) is 11.8. The van der Waals surface area contributed by atoms with Gasteiger partial charge in [-0.05, 0) is 25.7 Å². The van der Waals surface area contributed by atoms with E-state index in [9.17, 15) is 9.90 Å². The second-order valence-electron chi connectivity index (χ2n) is 4.98. The maximum absolute atomic E-state index is 11.8. The summed E-state index contributed by atoms with van der Waals surface area (Å²) in [6.07, 6.45) is 5.65. The molecule has 2 saturated carbocycles. The Morgan fingerprint density at radius 2 is 2.00 bits per heavy atom. The molecule has 0 aliphatic heterocycles. The van der Waals surface area contributed by atoms with Crippen LogP contribution in [0.25, 0.3) is 0 Å². The molecule has 0 aromatic heterocycles. The number of amides is 1. The zero-order chi connectivity index (χ0) is 11.6. The highest BCUT2D eigenvalue weighted by Gasteiger charge is 2.51. The van der Waals surface area contributed by atoms with Gasteiger partial charge in [0.05, 0.1) is 18.2 Å². The monoisotopic (exact) mass is 222 g/mol. The average Bonchev–Trinajstić information content (AvgIpc) is 3.07. The Morgan fingerprint density at radius 1 is 1.31 bits per heavy atom. The number of hydrogen-bond donors (Lipinski definition) is 2. The second kappa shape index (κ2) is 4.42. The van der Waals surface area contributed by atoms with Crippen molar-refractivity contribution in [3.8, 4) is 6.07 Å². The molecule has 0 spiro atoms. The third kappa shape index (κ3) is 2.19. The minimum atomic E-state index is -0.772. The molecule has 16 heavy (non-hydrogen) atoms. The first-order chi connectivity index (χ1) is 7.68. The largest absolute Gasteiger partial charge is 0.391 e. The van der Waals surface area contributed by atoms with Gasteiger partial charge in [0.2, 0.25) is 5.91 Å². The standard InChI is InChI=1S/C12H18N2O2/c13-8-12(6-7-12)11(16)14-9-4-2-1-3-5-10(9)15/h9-10,15H,1-7H2,(H,14,16). The van der Waals surface area contributed by atoms with Crippen molar-refractivity contribution in [2.45, 2.75) is 57.1 Å². The van der Waals surface area contributed by atoms with E-state index in [-0.39, 0.29) is 11.9 Å². The predicted octanol–water partition coefficient (Wildman–Crippen LogP) is 1.10. The van der Waals surface area contributed by atoms with Crippen LogP contribution < -0.4 is 5.32 Å². The maximum Gasteiger partial charge on any atom is 0.240 e. The molecule has 1 amide bonds. The zero-order valence-electron chi connectivity index (χ0n) is 9.41. The number of aliphatic hydroxyl groups excluding tert-OH is 1. The molecule has 4 heteroatoms. The number of aliphatic hydroxyl groups is 1. The Labute approximate surface area is 95.6 Å². The molecule has 88 valence electrons. The Hall–Kier alpha value is -1.08. The maximum atomic E-state index is 11.8. The normalized spacial score (nSPS) is 32.2. The fourth-order valence-electron chi connectivity index (χ4n) is 2.28. The van der Waals surface area contributed by atoms with Crippen molar-refractivity contribution >= 4 is 5.91 Å². The summed E-state index contributed by atoms with van der Waals surface area (Å²) in [7, 11) is 0. The van der Waals surface area contributed by atoms with Crippen molar-refractivity contribution in [2.75, 3.05) is 0 Å². The fourth-order valence-corrected chi connectivity index (χ4v) is 2.28. The van der Waals surface area contributed by atoms with Crippen LogP contribution in [0.15, 0.2) is 0 Å². The predicted molar refractivity (Wildman–Crippen MR) is 58.3 cm³/mol. The zero-order valence-corrected chi connectivity index (χ0v) is 9.41. The number of nitriles is 1. The van der Waals surface area contributed by atoms with Crippen LogP contribution in [-0.2, 0) is 4.79 Å². The van der Waals surface area contributed by atoms with E-state index < -0.39 is 11.5 Å². The minimum Gasteiger partial charge on any atom is -0.391 e. The third-order valence-corrected chi connectivity index (χ3v) is 3.69. The van der Waals surface area contributed by atoms with Crippen LogP contribution in [0.5, 0.6) is 0 Å². The lowest BCUT2D eigenvalue weighted by Gasteiger charge is -2.22. The summed E-state index contributed by atoms with van der Waals surface area (Å²) in [5, 5.41) is 21.6. The average molecular weight is 222 g/mol. The van der Waals surface area contributed by atoms with Crippen LogP contribution >= 0.6 is 0 Å². The topological polar surface area (TPSA) is 73.1 Å². The van der Waals surface area contributed by atoms with E-state index in [0.29, 0.717) is 12.8 Å². The summed E-state index contributed by atoms with van der Waals surface area (Å²) in [6, 6.07) is 1.93. The Balaban J connectivity index is 1.93. The lowest BCUT2D eigenvalue weighted by Crippen LogP contribution is -2.45. The van der Waals surface area contributed by atoms with Gasteiger partial charge < -0.3 is 10.4 Å². The number of carbonyl (C=O) groups is 1. The van der Waals surface area contributed by atoms with Gasteiger partial charge in [-0.15, -0.1) is 0 Å². The van der Waals surface area contributed by atoms with Crippen molar-refractivity contribution in [2.24, 2.45) is 5.41 Å². The summed E-state index contributed by atoms with van der Waals surface area (Å²) >= 11 is 0. The highest BCUT2D eigenvalue weighted by Crippen LogP contribution is 2.45. The Bertz CT molecular complexity index is 317. The summed E-state index contributed by atoms with van der Waals surface area (Å²) in [5.74, 6) is -0.180. The number of carbonyl (C=O) groups excluding carboxylic acids is 1. The molecule has 0 aromatic carbocycles. The van der Waals surface area contributed by atoms with Gasteiger partial charge >= 0.3 is 0 Å². The van der Waals surface area contributed by atoms with Gasteiger partial charge in [0.25, 0.3) is 0 Å². The molecule has 0 heterocycles. The molecule has 2 atom stereocenters. The quantitative estimate of drug-likeness (QED) is 0.687. The van der Waals surface area contributed by atoms with E-state index in [2.05, 4.69) is 11.4 Å². The molecule has 2 aliphatic carbocycles. The van der Waals surface area contributed by atoms with Crippen LogP contribution in [0.4, 0.5) is 0 Å². The molecule has 2 rings (SSSR count). The van der Waals surface area contributed by atoms with Crippen LogP contribution in [0, 0.1) is 16.7 Å². The number of nitrogens with zero attached hydrogens (tertiary/aromatic N) is 1. The lowest BCUT2D eigenvalue weighted by molar-refractivity contribution is -0.126. The first-order valence-corrected chi connectivity index (χ1v) is 6.08. The van der Waals surface area contributed by atoms with Gasteiger partial charge in [0, 0.05) is 0 Å². The molecular weight excluding hydrogens is 204 g/mol. The van der Waals surface area contributed by atoms with E-state index >= 15 is 0 Å². The van der Waals surface area contributed by atoms with E-state index in [1.807, 2.05) is 0 Å². The second-order valence-corrected chi connectivity index (χ2v) is 4.98. The lowest BCUT2D eigenvalue weighted by atomic mass is 10.0. The number of nitrogens with one attached hydrogen (secondary N) is 1. The molecule has 2 N–H and O–H groups in total. The molecule has 0 aromatic rings. The van der Waals surface area contributed by atoms with Crippen LogP contribution in [0.1, 0.15) is 44.9 Å². The van der Waals surface area contributed by atoms with Crippen LogP contribution in [0.2, 0.25) is 0 Å². The molecule has 0 saturated heterocycles. The molecule has 0 bridgehead atoms. The van der Waals surface area contributed by atoms with Crippen LogP contribution in [-0.4, -0.2) is 23.2 Å². The highest BCUT2D eigenvalue weighted by molar-refractivity contribution is 5.88. The van der Waals surface area contributed by atoms with E-state index in [1.165, 1.54) is 0 Å². The van der Waals surface area contributed by atoms with Gasteiger partial charge in [-0.3, -0.25) is 4.79 Å². The van der Waals surface area contributed by atoms with Gasteiger partial charge in [0.1, 0.15) is 5.41 Å². The number of hydrogen-bond acceptors (Lipinski definition) is 3. The summed E-state index contributed by atoms with van der Waals surface area (Å²) in [5.41, 5.74) is -0.772. The summed E-state index contributed by atoms with van der Waals surface area (Å²) in [6.45, 7) is 0. The van der Waals surface area contributed by atoms with E-state index in [0.717, 1.165) is 32.1 Å². The molecule has 4 nitrogen and oxygen atoms in total. The number of rotatable bonds is 2. The van der Waals surface area contributed by atoms with E-state index in [4.69, 9.17) is 5.26 Å². The SMILES string of the molecule is N#CC1(C(=O)NC2CCCCCC2O)CC1. The van der Waals surface area contributed by atoms with Crippen molar-refractivity contribution in [3.63, 3.8) is 0 Å².